The number of hydrogen-bond donors (Lipinski definition) is 0. The molecule has 0 N–H and O–H groups in total. The van der Waals surface area contributed by atoms with E-state index in [0.717, 1.165) is 0 Å². The van der Waals surface area contributed by atoms with Crippen LogP contribution >= 0.6 is 0 Å². The predicted octanol–water partition coefficient (Wildman–Crippen LogP) is 6.97. The van der Waals surface area contributed by atoms with Gasteiger partial charge in [-0.1, -0.05) is 175 Å². The summed E-state index contributed by atoms with van der Waals surface area (Å²) in [6.45, 7) is 17.9. The molecule has 1 aliphatic heterocycles. The Hall–Kier alpha value is -3.11. The first-order chi connectivity index (χ1) is 22.3. The van der Waals surface area contributed by atoms with Crippen LogP contribution in [-0.2, 0) is 18.3 Å². The molecule has 0 amide bonds. The van der Waals surface area contributed by atoms with Crippen molar-refractivity contribution in [1.82, 2.24) is 0 Å². The lowest BCUT2D eigenvalue weighted by molar-refractivity contribution is -0.154. The second-order valence-corrected chi connectivity index (χ2v) is 23.9. The molecule has 4 nitrogen and oxygen atoms in total. The summed E-state index contributed by atoms with van der Waals surface area (Å²) >= 11 is 0. The number of hydrogen-bond acceptors (Lipinski definition) is 4. The Labute approximate surface area is 284 Å². The summed E-state index contributed by atoms with van der Waals surface area (Å²) < 4.78 is 28.9. The van der Waals surface area contributed by atoms with Crippen molar-refractivity contribution in [3.8, 4) is 0 Å². The van der Waals surface area contributed by atoms with Crippen molar-refractivity contribution in [2.24, 2.45) is 0 Å². The second-order valence-electron chi connectivity index (χ2n) is 15.4. The standard InChI is InChI=1S/C41H50O4Si2/c1-39(2,3)46(31-21-13-9-14-22-31,32-23-15-10-16-24-32)44-35-29-30-36(38-37(35)42-41(7,8)43-38)45-47(40(4,5)6,33-25-17-11-18-26-33)34-27-19-12-20-28-34/h9-30,35-38H,1-8H3/t35-,36-,37-,38-/m1/s1. The van der Waals surface area contributed by atoms with Crippen LogP contribution in [0.15, 0.2) is 133 Å². The third-order valence-electron chi connectivity index (χ3n) is 9.76. The molecular formula is C41H50O4Si2. The Balaban J connectivity index is 1.47. The van der Waals surface area contributed by atoms with Crippen LogP contribution in [0.25, 0.3) is 0 Å². The lowest BCUT2D eigenvalue weighted by Crippen LogP contribution is -2.70. The zero-order valence-corrected chi connectivity index (χ0v) is 31.1. The molecule has 1 fully saturated rings. The van der Waals surface area contributed by atoms with Gasteiger partial charge in [0, 0.05) is 0 Å². The first-order valence-electron chi connectivity index (χ1n) is 16.9. The van der Waals surface area contributed by atoms with Gasteiger partial charge in [0.05, 0.1) is 12.2 Å². The smallest absolute Gasteiger partial charge is 0.262 e. The molecule has 1 aliphatic carbocycles. The van der Waals surface area contributed by atoms with Gasteiger partial charge in [-0.3, -0.25) is 0 Å². The predicted molar refractivity (Wildman–Crippen MR) is 198 cm³/mol. The van der Waals surface area contributed by atoms with Crippen LogP contribution in [0, 0.1) is 0 Å². The minimum absolute atomic E-state index is 0.170. The SMILES string of the molecule is CC1(C)O[C@H]2[C@H](O1)[C@H](O[Si](c1ccccc1)(c1ccccc1)C(C)(C)C)C=C[C@H]2O[Si](c1ccccc1)(c1ccccc1)C(C)(C)C. The molecule has 0 aromatic heterocycles. The van der Waals surface area contributed by atoms with E-state index in [-0.39, 0.29) is 34.5 Å². The molecular weight excluding hydrogens is 613 g/mol. The lowest BCUT2D eigenvalue weighted by Gasteiger charge is -2.48. The molecule has 6 heteroatoms. The summed E-state index contributed by atoms with van der Waals surface area (Å²) in [7, 11) is -5.73. The molecule has 0 bridgehead atoms. The van der Waals surface area contributed by atoms with Crippen LogP contribution in [0.4, 0.5) is 0 Å². The van der Waals surface area contributed by atoms with Gasteiger partial charge in [0.25, 0.3) is 16.6 Å². The first kappa shape index (κ1) is 33.8. The fourth-order valence-corrected chi connectivity index (χ4v) is 17.0. The van der Waals surface area contributed by atoms with E-state index in [2.05, 4.69) is 175 Å². The average molecular weight is 663 g/mol. The molecule has 0 spiro atoms. The Bertz CT molecular complexity index is 1440. The van der Waals surface area contributed by atoms with Crippen LogP contribution in [0.5, 0.6) is 0 Å². The summed E-state index contributed by atoms with van der Waals surface area (Å²) in [6, 6.07) is 43.2. The van der Waals surface area contributed by atoms with Gasteiger partial charge in [-0.25, -0.2) is 0 Å². The minimum atomic E-state index is -2.87. The summed E-state index contributed by atoms with van der Waals surface area (Å²) in [5.74, 6) is -0.790. The number of benzene rings is 4. The highest BCUT2D eigenvalue weighted by Crippen LogP contribution is 2.44. The lowest BCUT2D eigenvalue weighted by atomic mass is 9.96. The van der Waals surface area contributed by atoms with Crippen LogP contribution in [0.2, 0.25) is 10.1 Å². The van der Waals surface area contributed by atoms with Crippen LogP contribution in [0.1, 0.15) is 55.4 Å². The van der Waals surface area contributed by atoms with E-state index >= 15 is 0 Å². The number of fused-ring (bicyclic) bond motifs is 1. The van der Waals surface area contributed by atoms with E-state index in [9.17, 15) is 0 Å². The van der Waals surface area contributed by atoms with E-state index in [0.29, 0.717) is 0 Å². The third-order valence-corrected chi connectivity index (χ3v) is 19.8. The Morgan fingerprint density at radius 1 is 0.468 bits per heavy atom. The van der Waals surface area contributed by atoms with Crippen molar-refractivity contribution in [3.63, 3.8) is 0 Å². The molecule has 246 valence electrons. The van der Waals surface area contributed by atoms with Gasteiger partial charge < -0.3 is 18.3 Å². The van der Waals surface area contributed by atoms with Crippen molar-refractivity contribution in [2.75, 3.05) is 0 Å². The Morgan fingerprint density at radius 3 is 0.957 bits per heavy atom. The van der Waals surface area contributed by atoms with Crippen LogP contribution in [-0.4, -0.2) is 46.8 Å². The highest BCUT2D eigenvalue weighted by molar-refractivity contribution is 7.00. The van der Waals surface area contributed by atoms with E-state index in [1.165, 1.54) is 20.7 Å². The molecule has 4 aromatic carbocycles. The summed E-state index contributed by atoms with van der Waals surface area (Å²) in [5, 5.41) is 4.63. The van der Waals surface area contributed by atoms with Gasteiger partial charge >= 0.3 is 0 Å². The van der Waals surface area contributed by atoms with Crippen molar-refractivity contribution in [3.05, 3.63) is 133 Å². The molecule has 1 heterocycles. The summed E-state index contributed by atoms with van der Waals surface area (Å²) in [4.78, 5) is 0. The molecule has 0 unspecified atom stereocenters. The van der Waals surface area contributed by atoms with Crippen LogP contribution in [0.3, 0.4) is 0 Å². The Kier molecular flexibility index (Phi) is 9.15. The van der Waals surface area contributed by atoms with Crippen molar-refractivity contribution in [2.45, 2.75) is 95.7 Å². The summed E-state index contributed by atoms with van der Waals surface area (Å²) in [5.41, 5.74) is 0. The maximum absolute atomic E-state index is 7.64. The third kappa shape index (κ3) is 6.16. The summed E-state index contributed by atoms with van der Waals surface area (Å²) in [6.07, 6.45) is 3.06. The van der Waals surface area contributed by atoms with Gasteiger partial charge in [0.2, 0.25) is 0 Å². The number of rotatable bonds is 8. The quantitative estimate of drug-likeness (QED) is 0.151. The maximum atomic E-state index is 7.64. The van der Waals surface area contributed by atoms with E-state index in [1.54, 1.807) is 0 Å². The normalized spacial score (nSPS) is 23.0. The maximum Gasteiger partial charge on any atom is 0.262 e. The van der Waals surface area contributed by atoms with Gasteiger partial charge in [-0.15, -0.1) is 0 Å². The largest absolute Gasteiger partial charge is 0.398 e. The van der Waals surface area contributed by atoms with Crippen LogP contribution < -0.4 is 20.7 Å². The van der Waals surface area contributed by atoms with Gasteiger partial charge in [0.15, 0.2) is 5.79 Å². The second kappa shape index (κ2) is 12.7. The molecule has 0 radical (unpaired) electrons. The van der Waals surface area contributed by atoms with Gasteiger partial charge in [-0.05, 0) is 44.7 Å². The average Bonchev–Trinajstić information content (AvgIpc) is 3.39. The van der Waals surface area contributed by atoms with E-state index in [4.69, 9.17) is 18.3 Å². The fourth-order valence-electron chi connectivity index (χ4n) is 7.77. The molecule has 4 aromatic rings. The highest BCUT2D eigenvalue weighted by Gasteiger charge is 2.59. The Morgan fingerprint density at radius 2 is 0.723 bits per heavy atom. The minimum Gasteiger partial charge on any atom is -0.398 e. The number of ether oxygens (including phenoxy) is 2. The molecule has 2 aliphatic rings. The first-order valence-corrected chi connectivity index (χ1v) is 20.7. The van der Waals surface area contributed by atoms with E-state index in [1.807, 2.05) is 13.8 Å². The zero-order chi connectivity index (χ0) is 33.5. The molecule has 0 saturated carbocycles. The van der Waals surface area contributed by atoms with Gasteiger partial charge in [0.1, 0.15) is 12.2 Å². The van der Waals surface area contributed by atoms with E-state index < -0.39 is 22.4 Å². The molecule has 4 atom stereocenters. The monoisotopic (exact) mass is 662 g/mol. The highest BCUT2D eigenvalue weighted by atomic mass is 28.4. The molecule has 47 heavy (non-hydrogen) atoms. The topological polar surface area (TPSA) is 36.9 Å². The molecule has 6 rings (SSSR count). The molecule has 1 saturated heterocycles. The van der Waals surface area contributed by atoms with Crippen molar-refractivity contribution < 1.29 is 18.3 Å². The zero-order valence-electron chi connectivity index (χ0n) is 29.1. The fraction of sp³-hybridized carbons (Fsp3) is 0.366. The van der Waals surface area contributed by atoms with Crippen molar-refractivity contribution >= 4 is 37.4 Å². The van der Waals surface area contributed by atoms with Crippen molar-refractivity contribution in [1.29, 1.82) is 0 Å². The van der Waals surface area contributed by atoms with Gasteiger partial charge in [-0.2, -0.15) is 0 Å².